The largest absolute Gasteiger partial charge is 0.395 e. The van der Waals surface area contributed by atoms with E-state index >= 15 is 0 Å². The standard InChI is InChI=1S/C18H38Cl6O2Si3/c1-27(2,25-15-11-7-3-5-9-13-17-28(19,20)21)26-16-12-8-4-6-10-14-18-29(22,23)24/h3-18H2,1-2H3. The summed E-state index contributed by atoms with van der Waals surface area (Å²) in [5, 5.41) is 0. The number of unbranched alkanes of at least 4 members (excludes halogenated alkanes) is 10. The minimum Gasteiger partial charge on any atom is -0.395 e. The fourth-order valence-electron chi connectivity index (χ4n) is 2.95. The number of halogens is 6. The zero-order chi connectivity index (χ0) is 22.2. The molecule has 0 unspecified atom stereocenters. The second-order valence-corrected chi connectivity index (χ2v) is 30.0. The van der Waals surface area contributed by atoms with Gasteiger partial charge in [0.1, 0.15) is 0 Å². The second-order valence-electron chi connectivity index (χ2n) is 8.07. The van der Waals surface area contributed by atoms with Crippen LogP contribution >= 0.6 is 66.5 Å². The van der Waals surface area contributed by atoms with Crippen molar-refractivity contribution >= 4 is 87.0 Å². The SMILES string of the molecule is C[Si](C)(OCCCCCCCC[Si](Cl)(Cl)Cl)OCCCCCCCC[Si](Cl)(Cl)Cl. The second kappa shape index (κ2) is 17.7. The van der Waals surface area contributed by atoms with Gasteiger partial charge in [-0.15, -0.1) is 66.5 Å². The van der Waals surface area contributed by atoms with Gasteiger partial charge in [-0.25, -0.2) is 0 Å². The lowest BCUT2D eigenvalue weighted by molar-refractivity contribution is 0.172. The van der Waals surface area contributed by atoms with Crippen LogP contribution in [0.25, 0.3) is 0 Å². The summed E-state index contributed by atoms with van der Waals surface area (Å²) in [6, 6.07) is -3.28. The van der Waals surface area contributed by atoms with E-state index in [9.17, 15) is 0 Å². The van der Waals surface area contributed by atoms with Gasteiger partial charge in [0, 0.05) is 13.2 Å². The van der Waals surface area contributed by atoms with E-state index in [2.05, 4.69) is 13.1 Å². The first kappa shape index (κ1) is 31.3. The van der Waals surface area contributed by atoms with Crippen molar-refractivity contribution in [2.75, 3.05) is 13.2 Å². The Morgan fingerprint density at radius 1 is 0.448 bits per heavy atom. The zero-order valence-electron chi connectivity index (χ0n) is 17.9. The first-order valence-electron chi connectivity index (χ1n) is 10.8. The maximum Gasteiger partial charge on any atom is 0.341 e. The molecule has 29 heavy (non-hydrogen) atoms. The van der Waals surface area contributed by atoms with Crippen molar-refractivity contribution < 1.29 is 8.85 Å². The van der Waals surface area contributed by atoms with Gasteiger partial charge in [-0.2, -0.15) is 0 Å². The Morgan fingerprint density at radius 2 is 0.724 bits per heavy atom. The third kappa shape index (κ3) is 26.4. The molecule has 0 aliphatic carbocycles. The van der Waals surface area contributed by atoms with E-state index in [-0.39, 0.29) is 0 Å². The van der Waals surface area contributed by atoms with E-state index in [1.165, 1.54) is 38.5 Å². The van der Waals surface area contributed by atoms with E-state index in [0.717, 1.165) is 63.8 Å². The van der Waals surface area contributed by atoms with Crippen LogP contribution in [0.5, 0.6) is 0 Å². The summed E-state index contributed by atoms with van der Waals surface area (Å²) >= 11 is 35.3. The lowest BCUT2D eigenvalue weighted by Crippen LogP contribution is -2.35. The lowest BCUT2D eigenvalue weighted by Gasteiger charge is -2.23. The van der Waals surface area contributed by atoms with E-state index < -0.39 is 20.6 Å². The van der Waals surface area contributed by atoms with Crippen LogP contribution in [-0.4, -0.2) is 33.8 Å². The molecule has 0 atom stereocenters. The van der Waals surface area contributed by atoms with Crippen molar-refractivity contribution in [3.63, 3.8) is 0 Å². The van der Waals surface area contributed by atoms with Crippen molar-refractivity contribution in [2.24, 2.45) is 0 Å². The highest BCUT2D eigenvalue weighted by molar-refractivity contribution is 7.65. The molecule has 0 amide bonds. The highest BCUT2D eigenvalue weighted by atomic mass is 35.8. The van der Waals surface area contributed by atoms with Crippen molar-refractivity contribution in [3.8, 4) is 0 Å². The van der Waals surface area contributed by atoms with Crippen LogP contribution in [0.3, 0.4) is 0 Å². The molecule has 0 saturated carbocycles. The van der Waals surface area contributed by atoms with Gasteiger partial charge in [0.25, 0.3) is 0 Å². The van der Waals surface area contributed by atoms with E-state index in [1.807, 2.05) is 0 Å². The molecule has 11 heteroatoms. The molecule has 0 fully saturated rings. The van der Waals surface area contributed by atoms with Gasteiger partial charge in [-0.05, 0) is 38.0 Å². The maximum atomic E-state index is 6.03. The minimum atomic E-state index is -2.41. The summed E-state index contributed by atoms with van der Waals surface area (Å²) in [6.45, 7) is 5.86. The predicted molar refractivity (Wildman–Crippen MR) is 141 cm³/mol. The van der Waals surface area contributed by atoms with Crippen LogP contribution in [0, 0.1) is 0 Å². The summed E-state index contributed by atoms with van der Waals surface area (Å²) in [6.07, 6.45) is 13.8. The molecule has 0 spiro atoms. The van der Waals surface area contributed by atoms with E-state index in [4.69, 9.17) is 75.3 Å². The van der Waals surface area contributed by atoms with Gasteiger partial charge in [0.05, 0.1) is 0 Å². The lowest BCUT2D eigenvalue weighted by atomic mass is 10.1. The average molecular weight is 583 g/mol. The molecule has 0 bridgehead atoms. The quantitative estimate of drug-likeness (QED) is 0.0807. The third-order valence-electron chi connectivity index (χ3n) is 4.61. The predicted octanol–water partition coefficient (Wildman–Crippen LogP) is 9.71. The molecule has 2 nitrogen and oxygen atoms in total. The Hall–Kier alpha value is 2.31. The fraction of sp³-hybridized carbons (Fsp3) is 1.00. The highest BCUT2D eigenvalue weighted by Crippen LogP contribution is 2.28. The minimum absolute atomic E-state index is 0.774. The molecule has 0 heterocycles. The zero-order valence-corrected chi connectivity index (χ0v) is 25.4. The van der Waals surface area contributed by atoms with Crippen LogP contribution in [0.1, 0.15) is 77.0 Å². The number of hydrogen-bond acceptors (Lipinski definition) is 2. The Bertz CT molecular complexity index is 359. The molecule has 176 valence electrons. The van der Waals surface area contributed by atoms with Crippen LogP contribution in [0.4, 0.5) is 0 Å². The van der Waals surface area contributed by atoms with Crippen LogP contribution < -0.4 is 0 Å². The first-order chi connectivity index (χ1) is 13.4. The Balaban J connectivity index is 3.42. The number of rotatable bonds is 20. The molecular weight excluding hydrogens is 545 g/mol. The van der Waals surface area contributed by atoms with Gasteiger partial charge in [-0.1, -0.05) is 64.2 Å². The Morgan fingerprint density at radius 3 is 1.03 bits per heavy atom. The fourth-order valence-corrected chi connectivity index (χ4v) is 8.01. The topological polar surface area (TPSA) is 18.5 Å². The summed E-state index contributed by atoms with van der Waals surface area (Å²) in [5.41, 5.74) is 0. The first-order valence-corrected chi connectivity index (χ1v) is 24.1. The summed E-state index contributed by atoms with van der Waals surface area (Å²) in [4.78, 5) is 0. The monoisotopic (exact) mass is 580 g/mol. The molecule has 0 aliphatic heterocycles. The van der Waals surface area contributed by atoms with Gasteiger partial charge < -0.3 is 8.85 Å². The number of hydrogen-bond donors (Lipinski definition) is 0. The van der Waals surface area contributed by atoms with Gasteiger partial charge >= 0.3 is 20.6 Å². The molecule has 0 rings (SSSR count). The maximum absolute atomic E-state index is 6.03. The average Bonchev–Trinajstić information content (AvgIpc) is 2.56. The molecule has 0 N–H and O–H groups in total. The smallest absolute Gasteiger partial charge is 0.341 e. The molecule has 0 aromatic heterocycles. The van der Waals surface area contributed by atoms with Crippen molar-refractivity contribution in [1.82, 2.24) is 0 Å². The molecule has 0 aromatic rings. The van der Waals surface area contributed by atoms with Gasteiger partial charge in [0.2, 0.25) is 0 Å². The molecule has 0 saturated heterocycles. The molecular formula is C18H38Cl6O2Si3. The summed E-state index contributed by atoms with van der Waals surface area (Å²) in [5.74, 6) is 0. The third-order valence-corrected chi connectivity index (χ3v) is 11.6. The van der Waals surface area contributed by atoms with E-state index in [0.29, 0.717) is 0 Å². The van der Waals surface area contributed by atoms with Crippen LogP contribution in [0.15, 0.2) is 0 Å². The normalized spacial score (nSPS) is 13.2. The van der Waals surface area contributed by atoms with Gasteiger partial charge in [0.15, 0.2) is 0 Å². The van der Waals surface area contributed by atoms with Crippen molar-refractivity contribution in [3.05, 3.63) is 0 Å². The van der Waals surface area contributed by atoms with E-state index in [1.54, 1.807) is 0 Å². The van der Waals surface area contributed by atoms with Gasteiger partial charge in [-0.3, -0.25) is 0 Å². The van der Waals surface area contributed by atoms with Crippen molar-refractivity contribution in [1.29, 1.82) is 0 Å². The van der Waals surface area contributed by atoms with Crippen LogP contribution in [-0.2, 0) is 8.85 Å². The van der Waals surface area contributed by atoms with Crippen molar-refractivity contribution in [2.45, 2.75) is 102 Å². The molecule has 0 aromatic carbocycles. The Kier molecular flexibility index (Phi) is 19.2. The summed E-state index contributed by atoms with van der Waals surface area (Å²) in [7, 11) is -1.99. The molecule has 0 radical (unpaired) electrons. The summed E-state index contributed by atoms with van der Waals surface area (Å²) < 4.78 is 12.1. The van der Waals surface area contributed by atoms with Crippen LogP contribution in [0.2, 0.25) is 25.2 Å². The Labute approximate surface area is 210 Å². The molecule has 0 aliphatic rings. The highest BCUT2D eigenvalue weighted by Gasteiger charge is 2.25.